The Morgan fingerprint density at radius 3 is 2.77 bits per heavy atom. The van der Waals surface area contributed by atoms with Crippen LogP contribution in [0.4, 0.5) is 0 Å². The molecule has 8 heteroatoms. The molecule has 0 spiro atoms. The van der Waals surface area contributed by atoms with E-state index in [1.165, 1.54) is 5.56 Å². The molecule has 1 aromatic rings. The third-order valence-corrected chi connectivity index (χ3v) is 5.63. The normalized spacial score (nSPS) is 17.2. The van der Waals surface area contributed by atoms with Gasteiger partial charge in [-0.1, -0.05) is 6.07 Å². The van der Waals surface area contributed by atoms with Crippen LogP contribution in [0.2, 0.25) is 0 Å². The lowest BCUT2D eigenvalue weighted by Crippen LogP contribution is -2.39. The van der Waals surface area contributed by atoms with Crippen molar-refractivity contribution in [1.82, 2.24) is 15.5 Å². The van der Waals surface area contributed by atoms with Gasteiger partial charge in [-0.25, -0.2) is 0 Å². The summed E-state index contributed by atoms with van der Waals surface area (Å²) in [5, 5.41) is 6.71. The molecule has 2 aliphatic rings. The van der Waals surface area contributed by atoms with Crippen molar-refractivity contribution in [3.05, 3.63) is 23.8 Å². The highest BCUT2D eigenvalue weighted by Crippen LogP contribution is 2.32. The number of carbonyl (C=O) groups is 1. The third kappa shape index (κ3) is 6.79. The zero-order valence-electron chi connectivity index (χ0n) is 18.0. The maximum Gasteiger partial charge on any atom is 0.231 e. The number of nitrogens with one attached hydrogen (secondary N) is 2. The van der Waals surface area contributed by atoms with E-state index in [1.54, 1.807) is 0 Å². The Kier molecular flexibility index (Phi) is 8.62. The number of piperidine rings is 1. The fourth-order valence-electron chi connectivity index (χ4n) is 3.84. The van der Waals surface area contributed by atoms with Gasteiger partial charge in [-0.3, -0.25) is 9.79 Å². The Labute approximate surface area is 179 Å². The van der Waals surface area contributed by atoms with E-state index in [1.807, 2.05) is 12.1 Å². The topological polar surface area (TPSA) is 101 Å². The minimum atomic E-state index is -0.147. The second-order valence-corrected chi connectivity index (χ2v) is 7.85. The van der Waals surface area contributed by atoms with Crippen LogP contribution in [0.1, 0.15) is 38.2 Å². The molecule has 166 valence electrons. The minimum absolute atomic E-state index is 0.0669. The van der Waals surface area contributed by atoms with Crippen molar-refractivity contribution in [2.45, 2.75) is 39.0 Å². The van der Waals surface area contributed by atoms with E-state index < -0.39 is 0 Å². The summed E-state index contributed by atoms with van der Waals surface area (Å²) in [7, 11) is 0. The number of amides is 1. The minimum Gasteiger partial charge on any atom is -0.454 e. The van der Waals surface area contributed by atoms with Gasteiger partial charge >= 0.3 is 0 Å². The molecule has 8 nitrogen and oxygen atoms in total. The molecular weight excluding hydrogens is 382 g/mol. The summed E-state index contributed by atoms with van der Waals surface area (Å²) in [4.78, 5) is 18.4. The lowest BCUT2D eigenvalue weighted by atomic mass is 9.96. The maximum atomic E-state index is 11.2. The monoisotopic (exact) mass is 417 g/mol. The van der Waals surface area contributed by atoms with E-state index in [9.17, 15) is 4.79 Å². The van der Waals surface area contributed by atoms with Crippen molar-refractivity contribution < 1.29 is 14.3 Å². The largest absolute Gasteiger partial charge is 0.454 e. The number of rotatable bonds is 10. The van der Waals surface area contributed by atoms with Gasteiger partial charge in [-0.2, -0.15) is 0 Å². The second-order valence-electron chi connectivity index (χ2n) is 7.85. The van der Waals surface area contributed by atoms with Crippen molar-refractivity contribution in [1.29, 1.82) is 0 Å². The van der Waals surface area contributed by atoms with Gasteiger partial charge in [0, 0.05) is 25.6 Å². The molecule has 4 N–H and O–H groups in total. The molecule has 1 amide bonds. The van der Waals surface area contributed by atoms with E-state index in [0.717, 1.165) is 88.8 Å². The number of fused-ring (bicyclic) bond motifs is 1. The number of guanidine groups is 1. The molecule has 0 aliphatic carbocycles. The Morgan fingerprint density at radius 2 is 2.00 bits per heavy atom. The van der Waals surface area contributed by atoms with E-state index in [-0.39, 0.29) is 11.8 Å². The summed E-state index contributed by atoms with van der Waals surface area (Å²) < 4.78 is 10.8. The van der Waals surface area contributed by atoms with Gasteiger partial charge < -0.3 is 30.7 Å². The van der Waals surface area contributed by atoms with Gasteiger partial charge in [0.15, 0.2) is 17.5 Å². The molecule has 1 aromatic carbocycles. The number of benzene rings is 1. The van der Waals surface area contributed by atoms with Gasteiger partial charge in [0.1, 0.15) is 0 Å². The molecule has 3 rings (SSSR count). The summed E-state index contributed by atoms with van der Waals surface area (Å²) in [6, 6.07) is 6.08. The van der Waals surface area contributed by atoms with Crippen LogP contribution >= 0.6 is 0 Å². The lowest BCUT2D eigenvalue weighted by Gasteiger charge is -2.30. The quantitative estimate of drug-likeness (QED) is 0.303. The SMILES string of the molecule is CCNC(=NCCCCN1CCC(C(N)=O)CC1)NCCc1ccc2c(c1)OCO2. The van der Waals surface area contributed by atoms with Crippen molar-refractivity contribution in [2.75, 3.05) is 46.1 Å². The summed E-state index contributed by atoms with van der Waals surface area (Å²) >= 11 is 0. The van der Waals surface area contributed by atoms with E-state index in [2.05, 4.69) is 28.5 Å². The van der Waals surface area contributed by atoms with Crippen LogP contribution in [0.5, 0.6) is 11.5 Å². The molecule has 2 aliphatic heterocycles. The van der Waals surface area contributed by atoms with Crippen LogP contribution < -0.4 is 25.8 Å². The lowest BCUT2D eigenvalue weighted by molar-refractivity contribution is -0.123. The Morgan fingerprint density at radius 1 is 1.20 bits per heavy atom. The smallest absolute Gasteiger partial charge is 0.231 e. The van der Waals surface area contributed by atoms with Gasteiger partial charge in [-0.05, 0) is 76.4 Å². The number of nitrogens with zero attached hydrogens (tertiary/aromatic N) is 2. The van der Waals surface area contributed by atoms with Crippen molar-refractivity contribution in [3.8, 4) is 11.5 Å². The van der Waals surface area contributed by atoms with Crippen LogP contribution in [0, 0.1) is 5.92 Å². The van der Waals surface area contributed by atoms with Crippen LogP contribution in [0.3, 0.4) is 0 Å². The molecule has 0 unspecified atom stereocenters. The number of unbranched alkanes of at least 4 members (excludes halogenated alkanes) is 1. The first-order chi connectivity index (χ1) is 14.7. The molecule has 0 atom stereocenters. The third-order valence-electron chi connectivity index (χ3n) is 5.63. The summed E-state index contributed by atoms with van der Waals surface area (Å²) in [5.41, 5.74) is 6.61. The highest BCUT2D eigenvalue weighted by Gasteiger charge is 2.22. The summed E-state index contributed by atoms with van der Waals surface area (Å²) in [6.07, 6.45) is 4.84. The molecule has 1 saturated heterocycles. The maximum absolute atomic E-state index is 11.2. The van der Waals surface area contributed by atoms with Crippen molar-refractivity contribution >= 4 is 11.9 Å². The number of aliphatic imine (C=N–C) groups is 1. The number of primary amides is 1. The highest BCUT2D eigenvalue weighted by molar-refractivity contribution is 5.79. The second kappa shape index (κ2) is 11.6. The molecular formula is C22H35N5O3. The van der Waals surface area contributed by atoms with E-state index >= 15 is 0 Å². The fourth-order valence-corrected chi connectivity index (χ4v) is 3.84. The summed E-state index contributed by atoms with van der Waals surface area (Å²) in [6.45, 7) is 7.84. The van der Waals surface area contributed by atoms with Gasteiger partial charge in [-0.15, -0.1) is 0 Å². The first-order valence-electron chi connectivity index (χ1n) is 11.1. The Balaban J connectivity index is 1.32. The zero-order chi connectivity index (χ0) is 21.2. The van der Waals surface area contributed by atoms with Gasteiger partial charge in [0.05, 0.1) is 0 Å². The average molecular weight is 418 g/mol. The number of hydrogen-bond donors (Lipinski definition) is 3. The van der Waals surface area contributed by atoms with Crippen LogP contribution in [0.15, 0.2) is 23.2 Å². The fraction of sp³-hybridized carbons (Fsp3) is 0.636. The van der Waals surface area contributed by atoms with E-state index in [4.69, 9.17) is 20.2 Å². The zero-order valence-corrected chi connectivity index (χ0v) is 18.0. The number of nitrogens with two attached hydrogens (primary N) is 1. The number of ether oxygens (including phenoxy) is 2. The Bertz CT molecular complexity index is 717. The predicted molar refractivity (Wildman–Crippen MR) is 118 cm³/mol. The molecule has 1 fully saturated rings. The molecule has 0 radical (unpaired) electrons. The van der Waals surface area contributed by atoms with Crippen molar-refractivity contribution in [3.63, 3.8) is 0 Å². The average Bonchev–Trinajstić information content (AvgIpc) is 3.21. The molecule has 30 heavy (non-hydrogen) atoms. The van der Waals surface area contributed by atoms with Crippen molar-refractivity contribution in [2.24, 2.45) is 16.6 Å². The molecule has 2 heterocycles. The van der Waals surface area contributed by atoms with Crippen LogP contribution in [-0.4, -0.2) is 62.8 Å². The predicted octanol–water partition coefficient (Wildman–Crippen LogP) is 1.49. The number of carbonyl (C=O) groups excluding carboxylic acids is 1. The molecule has 0 bridgehead atoms. The van der Waals surface area contributed by atoms with Crippen LogP contribution in [0.25, 0.3) is 0 Å². The number of hydrogen-bond acceptors (Lipinski definition) is 5. The first-order valence-corrected chi connectivity index (χ1v) is 11.1. The highest BCUT2D eigenvalue weighted by atomic mass is 16.7. The van der Waals surface area contributed by atoms with E-state index in [0.29, 0.717) is 6.79 Å². The standard InChI is InChI=1S/C22H35N5O3/c1-2-24-22(26-11-7-17-5-6-19-20(15-17)30-16-29-19)25-10-3-4-12-27-13-8-18(9-14-27)21(23)28/h5-6,15,18H,2-4,7-14,16H2,1H3,(H2,23,28)(H2,24,25,26). The number of likely N-dealkylation sites (tertiary alicyclic amines) is 1. The molecule has 0 saturated carbocycles. The van der Waals surface area contributed by atoms with Gasteiger partial charge in [0.2, 0.25) is 12.7 Å². The first kappa shape index (κ1) is 22.2. The Hall–Kier alpha value is -2.48. The summed E-state index contributed by atoms with van der Waals surface area (Å²) in [5.74, 6) is 2.43. The molecule has 0 aromatic heterocycles. The van der Waals surface area contributed by atoms with Crippen LogP contribution in [-0.2, 0) is 11.2 Å². The van der Waals surface area contributed by atoms with Gasteiger partial charge in [0.25, 0.3) is 0 Å².